The van der Waals surface area contributed by atoms with Crippen LogP contribution in [-0.2, 0) is 20.5 Å². The fourth-order valence-corrected chi connectivity index (χ4v) is 1.74. The molecule has 0 fully saturated rings. The van der Waals surface area contributed by atoms with E-state index in [0.717, 1.165) is 6.21 Å². The Balaban J connectivity index is 3.25. The minimum Gasteiger partial charge on any atom is -0.505 e. The first-order valence-corrected chi connectivity index (χ1v) is 7.80. The second-order valence-electron chi connectivity index (χ2n) is 4.89. The predicted molar refractivity (Wildman–Crippen MR) is 78.2 cm³/mol. The lowest BCUT2D eigenvalue weighted by Gasteiger charge is -2.17. The van der Waals surface area contributed by atoms with Crippen LogP contribution in [0.25, 0.3) is 0 Å². The number of aliphatic imine (C=N–C) groups is 1. The van der Waals surface area contributed by atoms with Gasteiger partial charge in [0.2, 0.25) is 0 Å². The molecule has 1 heterocycles. The number of aryl methyl sites for hydroxylation is 1. The van der Waals surface area contributed by atoms with Crippen molar-refractivity contribution in [2.45, 2.75) is 26.0 Å². The largest absolute Gasteiger partial charge is 0.505 e. The Morgan fingerprint density at radius 2 is 2.13 bits per heavy atom. The van der Waals surface area contributed by atoms with Crippen LogP contribution in [0.1, 0.15) is 23.7 Å². The molecular weight excluding hydrogens is 331 g/mol. The molecule has 0 aliphatic heterocycles. The number of aromatic nitrogens is 1. The van der Waals surface area contributed by atoms with Crippen LogP contribution in [0, 0.1) is 6.92 Å². The van der Waals surface area contributed by atoms with Crippen LogP contribution in [0.15, 0.2) is 11.2 Å². The highest BCUT2D eigenvalue weighted by Gasteiger charge is 2.31. The lowest BCUT2D eigenvalue weighted by atomic mass is 10.0. The molecule has 5 N–H and O–H groups in total. The number of aliphatic hydroxyl groups excluding tert-OH is 1. The summed E-state index contributed by atoms with van der Waals surface area (Å²) in [5.74, 6) is -1.72. The first-order valence-electron chi connectivity index (χ1n) is 6.27. The van der Waals surface area contributed by atoms with Crippen LogP contribution in [-0.4, -0.2) is 54.4 Å². The van der Waals surface area contributed by atoms with E-state index in [0.29, 0.717) is 0 Å². The Labute approximate surface area is 131 Å². The normalized spacial score (nSPS) is 14.8. The molecular formula is C12H17N2O8P. The summed E-state index contributed by atoms with van der Waals surface area (Å²) in [6.07, 6.45) is 2.20. The molecule has 0 aliphatic carbocycles. The molecule has 23 heavy (non-hydrogen) atoms. The molecule has 1 atom stereocenters. The van der Waals surface area contributed by atoms with E-state index in [9.17, 15) is 14.5 Å². The van der Waals surface area contributed by atoms with Crippen molar-refractivity contribution in [1.29, 1.82) is 0 Å². The SMILES string of the molecule is Cc1ncc(COP(=O)(O)O)c(C=N[C@@](C)(CO)C(=O)O)c1O. The molecule has 10 nitrogen and oxygen atoms in total. The molecule has 0 spiro atoms. The van der Waals surface area contributed by atoms with Gasteiger partial charge in [-0.3, -0.25) is 14.5 Å². The molecule has 128 valence electrons. The van der Waals surface area contributed by atoms with E-state index in [4.69, 9.17) is 20.0 Å². The van der Waals surface area contributed by atoms with E-state index in [1.807, 2.05) is 0 Å². The van der Waals surface area contributed by atoms with Gasteiger partial charge in [0.15, 0.2) is 5.54 Å². The van der Waals surface area contributed by atoms with Crippen molar-refractivity contribution in [1.82, 2.24) is 4.98 Å². The van der Waals surface area contributed by atoms with Crippen LogP contribution in [0.4, 0.5) is 0 Å². The zero-order valence-electron chi connectivity index (χ0n) is 12.4. The van der Waals surface area contributed by atoms with E-state index < -0.39 is 32.5 Å². The summed E-state index contributed by atoms with van der Waals surface area (Å²) < 4.78 is 15.1. The number of carboxylic acid groups (broad SMARTS) is 1. The zero-order valence-corrected chi connectivity index (χ0v) is 13.3. The van der Waals surface area contributed by atoms with Gasteiger partial charge >= 0.3 is 13.8 Å². The Bertz CT molecular complexity index is 671. The second-order valence-corrected chi connectivity index (χ2v) is 6.13. The molecule has 0 amide bonds. The quantitative estimate of drug-likeness (QED) is 0.335. The second kappa shape index (κ2) is 7.16. The van der Waals surface area contributed by atoms with E-state index >= 15 is 0 Å². The fraction of sp³-hybridized carbons (Fsp3) is 0.417. The number of pyridine rings is 1. The Hall–Kier alpha value is -1.84. The molecule has 0 aliphatic rings. The topological polar surface area (TPSA) is 170 Å². The molecule has 0 aromatic carbocycles. The highest BCUT2D eigenvalue weighted by molar-refractivity contribution is 7.46. The summed E-state index contributed by atoms with van der Waals surface area (Å²) in [6.45, 7) is 1.29. The van der Waals surface area contributed by atoms with Crippen LogP contribution in [0.5, 0.6) is 5.75 Å². The molecule has 0 saturated heterocycles. The van der Waals surface area contributed by atoms with Crippen molar-refractivity contribution in [2.75, 3.05) is 6.61 Å². The number of hydrogen-bond acceptors (Lipinski definition) is 7. The maximum Gasteiger partial charge on any atom is 0.469 e. The highest BCUT2D eigenvalue weighted by Crippen LogP contribution is 2.37. The average molecular weight is 348 g/mol. The Morgan fingerprint density at radius 3 is 2.61 bits per heavy atom. The molecule has 1 aromatic rings. The standard InChI is InChI=1S/C12H17N2O8P/c1-7-10(16)9(4-14-12(2,6-15)11(17)18)8(3-13-7)5-22-23(19,20)21/h3-4,15-16H,5-6H2,1-2H3,(H,17,18)(H2,19,20,21)/t12-/m0/s1. The van der Waals surface area contributed by atoms with Gasteiger partial charge in [-0.15, -0.1) is 0 Å². The zero-order chi connectivity index (χ0) is 17.8. The molecule has 0 bridgehead atoms. The van der Waals surface area contributed by atoms with Crippen LogP contribution < -0.4 is 0 Å². The predicted octanol–water partition coefficient (Wildman–Crippen LogP) is -0.0406. The number of nitrogens with zero attached hydrogens (tertiary/aromatic N) is 2. The first-order chi connectivity index (χ1) is 10.5. The maximum atomic E-state index is 11.1. The number of rotatable bonds is 7. The van der Waals surface area contributed by atoms with Gasteiger partial charge in [0.25, 0.3) is 0 Å². The molecule has 0 saturated carbocycles. The number of carbonyl (C=O) groups is 1. The number of aromatic hydroxyl groups is 1. The maximum absolute atomic E-state index is 11.1. The number of hydrogen-bond donors (Lipinski definition) is 5. The number of carboxylic acids is 1. The van der Waals surface area contributed by atoms with Gasteiger partial charge in [0.1, 0.15) is 5.75 Å². The third-order valence-corrected chi connectivity index (χ3v) is 3.46. The van der Waals surface area contributed by atoms with Crippen molar-refractivity contribution in [2.24, 2.45) is 4.99 Å². The van der Waals surface area contributed by atoms with Gasteiger partial charge in [-0.05, 0) is 13.8 Å². The number of aliphatic carboxylic acids is 1. The summed E-state index contributed by atoms with van der Waals surface area (Å²) >= 11 is 0. The smallest absolute Gasteiger partial charge is 0.469 e. The minimum absolute atomic E-state index is 0.00752. The molecule has 11 heteroatoms. The van der Waals surface area contributed by atoms with E-state index in [2.05, 4.69) is 14.5 Å². The van der Waals surface area contributed by atoms with Gasteiger partial charge in [-0.25, -0.2) is 9.36 Å². The van der Waals surface area contributed by atoms with Crippen LogP contribution >= 0.6 is 7.82 Å². The van der Waals surface area contributed by atoms with E-state index in [1.54, 1.807) is 0 Å². The van der Waals surface area contributed by atoms with Gasteiger partial charge in [-0.1, -0.05) is 0 Å². The van der Waals surface area contributed by atoms with Gasteiger partial charge in [0, 0.05) is 23.5 Å². The van der Waals surface area contributed by atoms with Crippen molar-refractivity contribution in [3.8, 4) is 5.75 Å². The summed E-state index contributed by atoms with van der Waals surface area (Å²) in [7, 11) is -4.74. The van der Waals surface area contributed by atoms with Crippen molar-refractivity contribution >= 4 is 20.0 Å². The molecule has 0 unspecified atom stereocenters. The van der Waals surface area contributed by atoms with Crippen LogP contribution in [0.3, 0.4) is 0 Å². The first kappa shape index (κ1) is 19.2. The fourth-order valence-electron chi connectivity index (χ4n) is 1.44. The molecule has 1 aromatic heterocycles. The average Bonchev–Trinajstić information content (AvgIpc) is 2.46. The summed E-state index contributed by atoms with van der Waals surface area (Å²) in [4.78, 5) is 36.1. The van der Waals surface area contributed by atoms with Gasteiger partial charge < -0.3 is 25.1 Å². The summed E-state index contributed by atoms with van der Waals surface area (Å²) in [5.41, 5.74) is -1.55. The van der Waals surface area contributed by atoms with Gasteiger partial charge in [-0.2, -0.15) is 0 Å². The Kier molecular flexibility index (Phi) is 5.98. The molecule has 1 rings (SSSR count). The number of aliphatic hydroxyl groups is 1. The van der Waals surface area contributed by atoms with E-state index in [1.165, 1.54) is 20.0 Å². The number of phosphoric acid groups is 1. The van der Waals surface area contributed by atoms with Crippen molar-refractivity contribution in [3.63, 3.8) is 0 Å². The van der Waals surface area contributed by atoms with E-state index in [-0.39, 0.29) is 22.6 Å². The highest BCUT2D eigenvalue weighted by atomic mass is 31.2. The summed E-state index contributed by atoms with van der Waals surface area (Å²) in [5, 5.41) is 28.2. The van der Waals surface area contributed by atoms with Gasteiger partial charge in [0.05, 0.1) is 18.9 Å². The number of phosphoric ester groups is 1. The lowest BCUT2D eigenvalue weighted by Crippen LogP contribution is -2.37. The van der Waals surface area contributed by atoms with Crippen molar-refractivity contribution in [3.05, 3.63) is 23.0 Å². The van der Waals surface area contributed by atoms with Crippen LogP contribution in [0.2, 0.25) is 0 Å². The Morgan fingerprint density at radius 1 is 1.52 bits per heavy atom. The third-order valence-electron chi connectivity index (χ3n) is 2.99. The monoisotopic (exact) mass is 348 g/mol. The minimum atomic E-state index is -4.74. The molecule has 0 radical (unpaired) electrons. The third kappa shape index (κ3) is 5.08. The lowest BCUT2D eigenvalue weighted by molar-refractivity contribution is -0.143. The van der Waals surface area contributed by atoms with Crippen molar-refractivity contribution < 1.29 is 39.0 Å². The summed E-state index contributed by atoms with van der Waals surface area (Å²) in [6, 6.07) is 0.